The fraction of sp³-hybridized carbons (Fsp3) is 0.250. The van der Waals surface area contributed by atoms with E-state index in [4.69, 9.17) is 0 Å². The van der Waals surface area contributed by atoms with Crippen molar-refractivity contribution in [3.63, 3.8) is 0 Å². The summed E-state index contributed by atoms with van der Waals surface area (Å²) in [5, 5.41) is 10.1. The molecule has 1 unspecified atom stereocenters. The Labute approximate surface area is 119 Å². The highest BCUT2D eigenvalue weighted by molar-refractivity contribution is 7.91. The molecule has 2 aromatic carbocycles. The summed E-state index contributed by atoms with van der Waals surface area (Å²) in [6.45, 7) is 3.75. The topological polar surface area (TPSA) is 54.4 Å². The molecule has 0 heterocycles. The van der Waals surface area contributed by atoms with Crippen molar-refractivity contribution in [2.45, 2.75) is 24.8 Å². The maximum absolute atomic E-state index is 12.3. The first kappa shape index (κ1) is 14.8. The van der Waals surface area contributed by atoms with Gasteiger partial charge in [-0.25, -0.2) is 8.42 Å². The second-order valence-electron chi connectivity index (χ2n) is 5.03. The van der Waals surface area contributed by atoms with Crippen LogP contribution in [0.15, 0.2) is 53.4 Å². The van der Waals surface area contributed by atoms with Gasteiger partial charge in [-0.3, -0.25) is 0 Å². The summed E-state index contributed by atoms with van der Waals surface area (Å²) in [7, 11) is -3.49. The molecule has 0 saturated heterocycles. The minimum atomic E-state index is -3.49. The number of benzene rings is 2. The Morgan fingerprint density at radius 3 is 2.20 bits per heavy atom. The fourth-order valence-electron chi connectivity index (χ4n) is 2.09. The third-order valence-electron chi connectivity index (χ3n) is 3.15. The number of aryl methyl sites for hydroxylation is 2. The molecular weight excluding hydrogens is 272 g/mol. The number of aliphatic hydroxyl groups is 1. The first-order chi connectivity index (χ1) is 9.38. The van der Waals surface area contributed by atoms with Crippen molar-refractivity contribution in [3.8, 4) is 0 Å². The Kier molecular flexibility index (Phi) is 4.26. The van der Waals surface area contributed by atoms with Crippen LogP contribution in [0.2, 0.25) is 0 Å². The van der Waals surface area contributed by atoms with Crippen molar-refractivity contribution in [2.75, 3.05) is 5.75 Å². The quantitative estimate of drug-likeness (QED) is 0.942. The standard InChI is InChI=1S/C16H18O3S/c1-12-5-3-7-14(9-12)16(17)11-20(18,19)15-8-4-6-13(2)10-15/h3-10,16-17H,11H2,1-2H3. The smallest absolute Gasteiger partial charge is 0.181 e. The van der Waals surface area contributed by atoms with E-state index in [0.29, 0.717) is 5.56 Å². The fourth-order valence-corrected chi connectivity index (χ4v) is 3.54. The predicted molar refractivity (Wildman–Crippen MR) is 79.4 cm³/mol. The van der Waals surface area contributed by atoms with Gasteiger partial charge in [0.15, 0.2) is 9.84 Å². The molecule has 0 saturated carbocycles. The van der Waals surface area contributed by atoms with Crippen LogP contribution < -0.4 is 0 Å². The molecule has 0 spiro atoms. The van der Waals surface area contributed by atoms with Gasteiger partial charge in [-0.2, -0.15) is 0 Å². The van der Waals surface area contributed by atoms with Crippen LogP contribution >= 0.6 is 0 Å². The lowest BCUT2D eigenvalue weighted by Gasteiger charge is -2.12. The average Bonchev–Trinajstić information content (AvgIpc) is 2.38. The first-order valence-corrected chi connectivity index (χ1v) is 8.08. The van der Waals surface area contributed by atoms with Gasteiger partial charge in [0.2, 0.25) is 0 Å². The molecule has 0 fully saturated rings. The van der Waals surface area contributed by atoms with Gasteiger partial charge in [0.25, 0.3) is 0 Å². The van der Waals surface area contributed by atoms with Crippen LogP contribution in [0.1, 0.15) is 22.8 Å². The van der Waals surface area contributed by atoms with E-state index in [0.717, 1.165) is 11.1 Å². The van der Waals surface area contributed by atoms with Crippen molar-refractivity contribution < 1.29 is 13.5 Å². The zero-order valence-electron chi connectivity index (χ0n) is 11.6. The molecule has 0 aromatic heterocycles. The normalized spacial score (nSPS) is 13.2. The van der Waals surface area contributed by atoms with Gasteiger partial charge in [-0.05, 0) is 37.1 Å². The van der Waals surface area contributed by atoms with E-state index in [1.807, 2.05) is 32.0 Å². The van der Waals surface area contributed by atoms with E-state index in [1.54, 1.807) is 30.3 Å². The monoisotopic (exact) mass is 290 g/mol. The Morgan fingerprint density at radius 2 is 1.60 bits per heavy atom. The minimum Gasteiger partial charge on any atom is -0.387 e. The van der Waals surface area contributed by atoms with Crippen LogP contribution in [0.3, 0.4) is 0 Å². The van der Waals surface area contributed by atoms with Gasteiger partial charge in [-0.15, -0.1) is 0 Å². The molecule has 0 radical (unpaired) electrons. The zero-order valence-corrected chi connectivity index (χ0v) is 12.4. The molecule has 0 bridgehead atoms. The molecule has 106 valence electrons. The molecule has 20 heavy (non-hydrogen) atoms. The van der Waals surface area contributed by atoms with Gasteiger partial charge < -0.3 is 5.11 Å². The molecule has 2 aromatic rings. The molecule has 4 heteroatoms. The van der Waals surface area contributed by atoms with Crippen LogP contribution in [0.4, 0.5) is 0 Å². The number of rotatable bonds is 4. The highest BCUT2D eigenvalue weighted by Crippen LogP contribution is 2.21. The van der Waals surface area contributed by atoms with Gasteiger partial charge >= 0.3 is 0 Å². The van der Waals surface area contributed by atoms with E-state index in [2.05, 4.69) is 0 Å². The molecular formula is C16H18O3S. The summed E-state index contributed by atoms with van der Waals surface area (Å²) in [6, 6.07) is 14.0. The zero-order chi connectivity index (χ0) is 14.8. The lowest BCUT2D eigenvalue weighted by molar-refractivity contribution is 0.201. The third-order valence-corrected chi connectivity index (χ3v) is 4.88. The van der Waals surface area contributed by atoms with E-state index in [-0.39, 0.29) is 10.6 Å². The first-order valence-electron chi connectivity index (χ1n) is 6.42. The molecule has 0 aliphatic rings. The molecule has 1 N–H and O–H groups in total. The molecule has 0 aliphatic carbocycles. The van der Waals surface area contributed by atoms with Gasteiger partial charge in [0.1, 0.15) is 0 Å². The van der Waals surface area contributed by atoms with E-state index in [1.165, 1.54) is 0 Å². The summed E-state index contributed by atoms with van der Waals surface area (Å²) >= 11 is 0. The molecule has 0 aliphatic heterocycles. The largest absolute Gasteiger partial charge is 0.387 e. The maximum Gasteiger partial charge on any atom is 0.181 e. The lowest BCUT2D eigenvalue weighted by atomic mass is 10.1. The van der Waals surface area contributed by atoms with E-state index in [9.17, 15) is 13.5 Å². The second kappa shape index (κ2) is 5.77. The van der Waals surface area contributed by atoms with E-state index < -0.39 is 15.9 Å². The Morgan fingerprint density at radius 1 is 1.00 bits per heavy atom. The summed E-state index contributed by atoms with van der Waals surface area (Å²) in [6.07, 6.45) is -1.01. The molecule has 3 nitrogen and oxygen atoms in total. The average molecular weight is 290 g/mol. The van der Waals surface area contributed by atoms with Crippen molar-refractivity contribution in [1.29, 1.82) is 0 Å². The van der Waals surface area contributed by atoms with Crippen LogP contribution in [0.25, 0.3) is 0 Å². The highest BCUT2D eigenvalue weighted by Gasteiger charge is 2.21. The summed E-state index contributed by atoms with van der Waals surface area (Å²) in [5.41, 5.74) is 2.51. The van der Waals surface area contributed by atoms with Gasteiger partial charge in [0.05, 0.1) is 16.8 Å². The maximum atomic E-state index is 12.3. The summed E-state index contributed by atoms with van der Waals surface area (Å²) in [4.78, 5) is 0.254. The SMILES string of the molecule is Cc1cccc(C(O)CS(=O)(=O)c2cccc(C)c2)c1. The lowest BCUT2D eigenvalue weighted by Crippen LogP contribution is -2.15. The number of hydrogen-bond acceptors (Lipinski definition) is 3. The molecule has 1 atom stereocenters. The number of sulfone groups is 1. The second-order valence-corrected chi connectivity index (χ2v) is 7.06. The Balaban J connectivity index is 2.24. The summed E-state index contributed by atoms with van der Waals surface area (Å²) in [5.74, 6) is -0.306. The van der Waals surface area contributed by atoms with Crippen molar-refractivity contribution >= 4 is 9.84 Å². The Hall–Kier alpha value is -1.65. The Bertz CT molecular complexity index is 705. The molecule has 2 rings (SSSR count). The molecule has 0 amide bonds. The van der Waals surface area contributed by atoms with Crippen molar-refractivity contribution in [2.24, 2.45) is 0 Å². The van der Waals surface area contributed by atoms with Crippen LogP contribution in [0, 0.1) is 13.8 Å². The summed E-state index contributed by atoms with van der Waals surface area (Å²) < 4.78 is 24.6. The van der Waals surface area contributed by atoms with E-state index >= 15 is 0 Å². The van der Waals surface area contributed by atoms with Crippen molar-refractivity contribution in [3.05, 3.63) is 65.2 Å². The van der Waals surface area contributed by atoms with Crippen LogP contribution in [-0.2, 0) is 9.84 Å². The van der Waals surface area contributed by atoms with Crippen molar-refractivity contribution in [1.82, 2.24) is 0 Å². The number of aliphatic hydroxyl groups excluding tert-OH is 1. The highest BCUT2D eigenvalue weighted by atomic mass is 32.2. The van der Waals surface area contributed by atoms with Gasteiger partial charge in [-0.1, -0.05) is 42.0 Å². The predicted octanol–water partition coefficient (Wildman–Crippen LogP) is 2.81. The third kappa shape index (κ3) is 3.46. The van der Waals surface area contributed by atoms with Crippen LogP contribution in [-0.4, -0.2) is 19.3 Å². The van der Waals surface area contributed by atoms with Gasteiger partial charge in [0, 0.05) is 0 Å². The number of hydrogen-bond donors (Lipinski definition) is 1. The van der Waals surface area contributed by atoms with Crippen LogP contribution in [0.5, 0.6) is 0 Å². The minimum absolute atomic E-state index is 0.254.